The molecule has 0 aliphatic heterocycles. The van der Waals surface area contributed by atoms with Crippen LogP contribution in [0.5, 0.6) is 0 Å². The summed E-state index contributed by atoms with van der Waals surface area (Å²) in [6.45, 7) is 1.93. The molecule has 0 aliphatic carbocycles. The maximum absolute atomic E-state index is 12.2. The number of rotatable bonds is 4. The summed E-state index contributed by atoms with van der Waals surface area (Å²) in [4.78, 5) is 4.36. The number of benzene rings is 1. The van der Waals surface area contributed by atoms with Crippen LogP contribution in [0.4, 0.5) is 0 Å². The van der Waals surface area contributed by atoms with Crippen LogP contribution in [-0.4, -0.2) is 25.3 Å². The molecular weight excluding hydrogens is 272 g/mol. The maximum Gasteiger partial charge on any atom is 0.241 e. The van der Waals surface area contributed by atoms with Crippen LogP contribution in [-0.2, 0) is 10.0 Å². The highest BCUT2D eigenvalue weighted by atomic mass is 35.5. The lowest BCUT2D eigenvalue weighted by Crippen LogP contribution is -2.28. The molecule has 1 aromatic heterocycles. The Balaban J connectivity index is 2.47. The van der Waals surface area contributed by atoms with E-state index in [0.29, 0.717) is 10.9 Å². The standard InChI is InChI=1S/C12H13ClN2O2S/c1-9(13)8-15-18(16,17)12-6-2-5-11-10(12)4-3-7-14-11/h2-7,9,15H,8H2,1H3. The summed E-state index contributed by atoms with van der Waals surface area (Å²) in [5.74, 6) is 0. The molecule has 0 saturated carbocycles. The summed E-state index contributed by atoms with van der Waals surface area (Å²) in [6, 6.07) is 8.46. The molecule has 0 amide bonds. The Kier molecular flexibility index (Phi) is 3.85. The number of nitrogens with one attached hydrogen (secondary N) is 1. The molecule has 0 aliphatic rings. The molecule has 0 radical (unpaired) electrons. The fraction of sp³-hybridized carbons (Fsp3) is 0.250. The zero-order chi connectivity index (χ0) is 13.2. The van der Waals surface area contributed by atoms with Crippen molar-refractivity contribution in [3.8, 4) is 0 Å². The van der Waals surface area contributed by atoms with Crippen LogP contribution >= 0.6 is 11.6 Å². The topological polar surface area (TPSA) is 59.1 Å². The second-order valence-corrected chi connectivity index (χ2v) is 6.44. The number of hydrogen-bond donors (Lipinski definition) is 1. The molecule has 1 unspecified atom stereocenters. The first-order valence-corrected chi connectivity index (χ1v) is 7.40. The van der Waals surface area contributed by atoms with E-state index in [4.69, 9.17) is 11.6 Å². The van der Waals surface area contributed by atoms with Crippen molar-refractivity contribution in [3.05, 3.63) is 36.5 Å². The molecule has 1 N–H and O–H groups in total. The Morgan fingerprint density at radius 3 is 2.83 bits per heavy atom. The van der Waals surface area contributed by atoms with Crippen LogP contribution in [0.1, 0.15) is 6.92 Å². The molecule has 1 aromatic carbocycles. The van der Waals surface area contributed by atoms with Crippen LogP contribution in [0.15, 0.2) is 41.4 Å². The number of nitrogens with zero attached hydrogens (tertiary/aromatic N) is 1. The van der Waals surface area contributed by atoms with Gasteiger partial charge in [0.1, 0.15) is 0 Å². The van der Waals surface area contributed by atoms with Crippen molar-refractivity contribution >= 4 is 32.5 Å². The number of sulfonamides is 1. The second-order valence-electron chi connectivity index (χ2n) is 3.96. The van der Waals surface area contributed by atoms with Gasteiger partial charge in [0, 0.05) is 23.5 Å². The first kappa shape index (κ1) is 13.3. The Hall–Kier alpha value is -1.17. The van der Waals surface area contributed by atoms with Crippen molar-refractivity contribution < 1.29 is 8.42 Å². The third-order valence-corrected chi connectivity index (χ3v) is 4.09. The van der Waals surface area contributed by atoms with Gasteiger partial charge in [-0.25, -0.2) is 13.1 Å². The van der Waals surface area contributed by atoms with E-state index in [0.717, 1.165) is 0 Å². The minimum absolute atomic E-state index is 0.195. The molecule has 1 atom stereocenters. The van der Waals surface area contributed by atoms with E-state index < -0.39 is 10.0 Å². The smallest absolute Gasteiger partial charge is 0.241 e. The first-order valence-electron chi connectivity index (χ1n) is 5.48. The van der Waals surface area contributed by atoms with E-state index in [-0.39, 0.29) is 16.8 Å². The average molecular weight is 285 g/mol. The second kappa shape index (κ2) is 5.22. The van der Waals surface area contributed by atoms with Gasteiger partial charge in [-0.2, -0.15) is 0 Å². The van der Waals surface area contributed by atoms with E-state index in [9.17, 15) is 8.42 Å². The molecular formula is C12H13ClN2O2S. The molecule has 1 heterocycles. The summed E-state index contributed by atoms with van der Waals surface area (Å²) in [6.07, 6.45) is 1.63. The number of alkyl halides is 1. The molecule has 4 nitrogen and oxygen atoms in total. The van der Waals surface area contributed by atoms with Gasteiger partial charge in [0.15, 0.2) is 0 Å². The maximum atomic E-state index is 12.2. The number of fused-ring (bicyclic) bond motifs is 1. The molecule has 18 heavy (non-hydrogen) atoms. The average Bonchev–Trinajstić information content (AvgIpc) is 2.36. The highest BCUT2D eigenvalue weighted by Gasteiger charge is 2.17. The van der Waals surface area contributed by atoms with Crippen LogP contribution < -0.4 is 4.72 Å². The molecule has 2 rings (SSSR count). The zero-order valence-corrected chi connectivity index (χ0v) is 11.4. The van der Waals surface area contributed by atoms with Gasteiger partial charge in [-0.05, 0) is 31.2 Å². The van der Waals surface area contributed by atoms with Crippen molar-refractivity contribution in [2.24, 2.45) is 0 Å². The van der Waals surface area contributed by atoms with Crippen LogP contribution in [0, 0.1) is 0 Å². The molecule has 0 saturated heterocycles. The van der Waals surface area contributed by atoms with Crippen molar-refractivity contribution in [2.75, 3.05) is 6.54 Å². The zero-order valence-electron chi connectivity index (χ0n) is 9.80. The quantitative estimate of drug-likeness (QED) is 0.875. The molecule has 0 fully saturated rings. The Morgan fingerprint density at radius 1 is 1.33 bits per heavy atom. The van der Waals surface area contributed by atoms with Gasteiger partial charge in [0.25, 0.3) is 0 Å². The van der Waals surface area contributed by atoms with Crippen molar-refractivity contribution in [1.29, 1.82) is 0 Å². The number of aromatic nitrogens is 1. The van der Waals surface area contributed by atoms with Crippen LogP contribution in [0.2, 0.25) is 0 Å². The molecule has 0 spiro atoms. The van der Waals surface area contributed by atoms with E-state index >= 15 is 0 Å². The van der Waals surface area contributed by atoms with Gasteiger partial charge in [-0.1, -0.05) is 6.07 Å². The highest BCUT2D eigenvalue weighted by Crippen LogP contribution is 2.20. The lowest BCUT2D eigenvalue weighted by Gasteiger charge is -2.09. The van der Waals surface area contributed by atoms with Crippen molar-refractivity contribution in [2.45, 2.75) is 17.2 Å². The van der Waals surface area contributed by atoms with Gasteiger partial charge < -0.3 is 0 Å². The van der Waals surface area contributed by atoms with Gasteiger partial charge >= 0.3 is 0 Å². The van der Waals surface area contributed by atoms with E-state index in [1.165, 1.54) is 0 Å². The van der Waals surface area contributed by atoms with Crippen molar-refractivity contribution in [1.82, 2.24) is 9.71 Å². The fourth-order valence-electron chi connectivity index (χ4n) is 1.61. The van der Waals surface area contributed by atoms with Crippen molar-refractivity contribution in [3.63, 3.8) is 0 Å². The minimum Gasteiger partial charge on any atom is -0.256 e. The largest absolute Gasteiger partial charge is 0.256 e. The summed E-state index contributed by atoms with van der Waals surface area (Å²) >= 11 is 5.75. The van der Waals surface area contributed by atoms with Gasteiger partial charge in [-0.3, -0.25) is 4.98 Å². The molecule has 6 heteroatoms. The lowest BCUT2D eigenvalue weighted by molar-refractivity contribution is 0.582. The summed E-state index contributed by atoms with van der Waals surface area (Å²) < 4.78 is 26.8. The Bertz CT molecular complexity index is 651. The molecule has 96 valence electrons. The SMILES string of the molecule is CC(Cl)CNS(=O)(=O)c1cccc2ncccc12. The Morgan fingerprint density at radius 2 is 2.11 bits per heavy atom. The van der Waals surface area contributed by atoms with Gasteiger partial charge in [0.2, 0.25) is 10.0 Å². The van der Waals surface area contributed by atoms with E-state index in [2.05, 4.69) is 9.71 Å². The molecule has 0 bridgehead atoms. The van der Waals surface area contributed by atoms with Crippen LogP contribution in [0.3, 0.4) is 0 Å². The lowest BCUT2D eigenvalue weighted by atomic mass is 10.2. The predicted octanol–water partition coefficient (Wildman–Crippen LogP) is 2.14. The van der Waals surface area contributed by atoms with Crippen LogP contribution in [0.25, 0.3) is 10.9 Å². The molecule has 2 aromatic rings. The van der Waals surface area contributed by atoms with Gasteiger partial charge in [0.05, 0.1) is 10.4 Å². The number of hydrogen-bond acceptors (Lipinski definition) is 3. The normalized spacial score (nSPS) is 13.7. The fourth-order valence-corrected chi connectivity index (χ4v) is 3.13. The number of halogens is 1. The number of pyridine rings is 1. The monoisotopic (exact) mass is 284 g/mol. The summed E-state index contributed by atoms with van der Waals surface area (Å²) in [5.41, 5.74) is 0.652. The minimum atomic E-state index is -3.56. The predicted molar refractivity (Wildman–Crippen MR) is 72.2 cm³/mol. The highest BCUT2D eigenvalue weighted by molar-refractivity contribution is 7.89. The third kappa shape index (κ3) is 2.80. The summed E-state index contributed by atoms with van der Waals surface area (Å²) in [5, 5.41) is 0.350. The Labute approximate surface area is 111 Å². The van der Waals surface area contributed by atoms with Gasteiger partial charge in [-0.15, -0.1) is 11.6 Å². The third-order valence-electron chi connectivity index (χ3n) is 2.45. The van der Waals surface area contributed by atoms with E-state index in [1.54, 1.807) is 43.5 Å². The first-order chi connectivity index (χ1) is 8.50. The van der Waals surface area contributed by atoms with E-state index in [1.807, 2.05) is 0 Å². The summed E-state index contributed by atoms with van der Waals surface area (Å²) in [7, 11) is -3.56.